The molecule has 1 heterocycles. The number of carbonyl (C=O) groups is 1. The second kappa shape index (κ2) is 12.9. The van der Waals surface area contributed by atoms with Crippen LogP contribution in [0.2, 0.25) is 0 Å². The molecule has 1 aliphatic heterocycles. The fourth-order valence-electron chi connectivity index (χ4n) is 4.60. The van der Waals surface area contributed by atoms with Gasteiger partial charge in [0.05, 0.1) is 25.9 Å². The first-order valence-electron chi connectivity index (χ1n) is 12.8. The number of hydrogen-bond donors (Lipinski definition) is 1. The second-order valence-electron chi connectivity index (χ2n) is 9.71. The Hall–Kier alpha value is -3.19. The minimum absolute atomic E-state index is 0.0138. The topological polar surface area (TPSA) is 74.2 Å². The van der Waals surface area contributed by atoms with Crippen molar-refractivity contribution >= 4 is 5.78 Å². The molecule has 1 fully saturated rings. The van der Waals surface area contributed by atoms with E-state index in [9.17, 15) is 9.90 Å². The van der Waals surface area contributed by atoms with E-state index in [2.05, 4.69) is 0 Å². The SMILES string of the molecule is COc1ccc(C[C@H]2OC[C@H](C)[C@@H]([C@@H](C)C(=O)C[C@H](O)c3cccc(OCc4ccccc4)c3)O2)cc1. The van der Waals surface area contributed by atoms with Gasteiger partial charge in [-0.05, 0) is 41.0 Å². The summed E-state index contributed by atoms with van der Waals surface area (Å²) in [4.78, 5) is 13.2. The van der Waals surface area contributed by atoms with Gasteiger partial charge in [0.2, 0.25) is 0 Å². The van der Waals surface area contributed by atoms with Crippen molar-refractivity contribution in [2.75, 3.05) is 13.7 Å². The summed E-state index contributed by atoms with van der Waals surface area (Å²) in [6, 6.07) is 25.0. The molecule has 3 aromatic carbocycles. The third-order valence-corrected chi connectivity index (χ3v) is 6.86. The van der Waals surface area contributed by atoms with Gasteiger partial charge in [0.1, 0.15) is 23.9 Å². The van der Waals surface area contributed by atoms with Crippen LogP contribution in [0.5, 0.6) is 11.5 Å². The molecule has 0 radical (unpaired) electrons. The fraction of sp³-hybridized carbons (Fsp3) is 0.387. The van der Waals surface area contributed by atoms with Crippen molar-refractivity contribution < 1.29 is 28.8 Å². The maximum absolute atomic E-state index is 13.2. The van der Waals surface area contributed by atoms with Gasteiger partial charge in [-0.2, -0.15) is 0 Å². The maximum atomic E-state index is 13.2. The molecule has 1 saturated heterocycles. The minimum atomic E-state index is -0.916. The highest BCUT2D eigenvalue weighted by Crippen LogP contribution is 2.30. The Bertz CT molecular complexity index is 1130. The number of carbonyl (C=O) groups excluding carboxylic acids is 1. The Morgan fingerprint density at radius 2 is 1.76 bits per heavy atom. The van der Waals surface area contributed by atoms with Gasteiger partial charge in [-0.15, -0.1) is 0 Å². The zero-order chi connectivity index (χ0) is 26.2. The summed E-state index contributed by atoms with van der Waals surface area (Å²) in [6.07, 6.45) is -1.02. The summed E-state index contributed by atoms with van der Waals surface area (Å²) in [7, 11) is 1.64. The molecule has 0 saturated carbocycles. The molecule has 0 unspecified atom stereocenters. The largest absolute Gasteiger partial charge is 0.497 e. The van der Waals surface area contributed by atoms with Gasteiger partial charge in [0.25, 0.3) is 0 Å². The van der Waals surface area contributed by atoms with Crippen LogP contribution in [0.4, 0.5) is 0 Å². The molecule has 1 aliphatic rings. The zero-order valence-corrected chi connectivity index (χ0v) is 21.7. The molecular weight excluding hydrogens is 468 g/mol. The molecule has 37 heavy (non-hydrogen) atoms. The number of ketones is 1. The molecule has 196 valence electrons. The third-order valence-electron chi connectivity index (χ3n) is 6.86. The first kappa shape index (κ1) is 26.9. The summed E-state index contributed by atoms with van der Waals surface area (Å²) < 4.78 is 23.3. The number of ether oxygens (including phenoxy) is 4. The maximum Gasteiger partial charge on any atom is 0.162 e. The number of Topliss-reactive ketones (excluding diaryl/α,β-unsaturated/α-hetero) is 1. The molecule has 4 rings (SSSR count). The average Bonchev–Trinajstić information content (AvgIpc) is 2.93. The summed E-state index contributed by atoms with van der Waals surface area (Å²) in [5.41, 5.74) is 2.79. The molecule has 1 N–H and O–H groups in total. The highest BCUT2D eigenvalue weighted by atomic mass is 16.7. The van der Waals surface area contributed by atoms with Crippen LogP contribution in [-0.4, -0.2) is 37.0 Å². The number of methoxy groups -OCH3 is 1. The fourth-order valence-corrected chi connectivity index (χ4v) is 4.60. The van der Waals surface area contributed by atoms with Crippen LogP contribution in [-0.2, 0) is 27.3 Å². The van der Waals surface area contributed by atoms with E-state index >= 15 is 0 Å². The molecule has 3 aromatic rings. The van der Waals surface area contributed by atoms with Crippen LogP contribution in [0.1, 0.15) is 43.1 Å². The van der Waals surface area contributed by atoms with E-state index in [4.69, 9.17) is 18.9 Å². The summed E-state index contributed by atoms with van der Waals surface area (Å²) in [5.74, 6) is 1.11. The minimum Gasteiger partial charge on any atom is -0.497 e. The predicted molar refractivity (Wildman–Crippen MR) is 141 cm³/mol. The van der Waals surface area contributed by atoms with Crippen molar-refractivity contribution in [3.05, 3.63) is 95.6 Å². The molecular formula is C31H36O6. The number of aliphatic hydroxyl groups is 1. The third kappa shape index (κ3) is 7.41. The van der Waals surface area contributed by atoms with Crippen molar-refractivity contribution in [3.63, 3.8) is 0 Å². The Morgan fingerprint density at radius 1 is 1.00 bits per heavy atom. The van der Waals surface area contributed by atoms with E-state index in [0.29, 0.717) is 30.9 Å². The van der Waals surface area contributed by atoms with E-state index in [-0.39, 0.29) is 30.1 Å². The predicted octanol–water partition coefficient (Wildman–Crippen LogP) is 5.52. The average molecular weight is 505 g/mol. The Balaban J connectivity index is 1.32. The lowest BCUT2D eigenvalue weighted by Crippen LogP contribution is -2.45. The van der Waals surface area contributed by atoms with E-state index in [1.165, 1.54) is 0 Å². The molecule has 0 spiro atoms. The lowest BCUT2D eigenvalue weighted by molar-refractivity contribution is -0.242. The van der Waals surface area contributed by atoms with Gasteiger partial charge in [-0.25, -0.2) is 0 Å². The molecule has 0 bridgehead atoms. The van der Waals surface area contributed by atoms with E-state index in [1.807, 2.05) is 86.6 Å². The van der Waals surface area contributed by atoms with E-state index in [1.54, 1.807) is 13.2 Å². The summed E-state index contributed by atoms with van der Waals surface area (Å²) in [5, 5.41) is 10.9. The molecule has 5 atom stereocenters. The molecule has 6 nitrogen and oxygen atoms in total. The quantitative estimate of drug-likeness (QED) is 0.371. The highest BCUT2D eigenvalue weighted by molar-refractivity contribution is 5.82. The zero-order valence-electron chi connectivity index (χ0n) is 21.7. The van der Waals surface area contributed by atoms with Crippen LogP contribution in [0.25, 0.3) is 0 Å². The summed E-state index contributed by atoms with van der Waals surface area (Å²) in [6.45, 7) is 4.87. The first-order chi connectivity index (χ1) is 17.9. The van der Waals surface area contributed by atoms with E-state index < -0.39 is 12.4 Å². The monoisotopic (exact) mass is 504 g/mol. The smallest absolute Gasteiger partial charge is 0.162 e. The van der Waals surface area contributed by atoms with Crippen molar-refractivity contribution in [1.82, 2.24) is 0 Å². The van der Waals surface area contributed by atoms with Gasteiger partial charge in [0, 0.05) is 24.7 Å². The normalized spacial score (nSPS) is 21.1. The van der Waals surface area contributed by atoms with Gasteiger partial charge in [0.15, 0.2) is 6.29 Å². The number of hydrogen-bond acceptors (Lipinski definition) is 6. The van der Waals surface area contributed by atoms with Crippen molar-refractivity contribution in [1.29, 1.82) is 0 Å². The molecule has 0 aliphatic carbocycles. The lowest BCUT2D eigenvalue weighted by atomic mass is 9.87. The van der Waals surface area contributed by atoms with Crippen LogP contribution in [0.3, 0.4) is 0 Å². The Morgan fingerprint density at radius 3 is 2.49 bits per heavy atom. The lowest BCUT2D eigenvalue weighted by Gasteiger charge is -2.38. The standard InChI is InChI=1S/C31H36O6/c1-21-19-36-30(16-23-12-14-26(34-3)15-13-23)37-31(21)22(2)28(32)18-29(33)25-10-7-11-27(17-25)35-20-24-8-5-4-6-9-24/h4-15,17,21-22,29-31,33H,16,18-20H2,1-3H3/t21-,22-,29-,30-,31-/m0/s1. The first-order valence-corrected chi connectivity index (χ1v) is 12.8. The van der Waals surface area contributed by atoms with Gasteiger partial charge >= 0.3 is 0 Å². The summed E-state index contributed by atoms with van der Waals surface area (Å²) >= 11 is 0. The highest BCUT2D eigenvalue weighted by Gasteiger charge is 2.36. The van der Waals surface area contributed by atoms with Crippen LogP contribution in [0, 0.1) is 11.8 Å². The van der Waals surface area contributed by atoms with Crippen LogP contribution >= 0.6 is 0 Å². The van der Waals surface area contributed by atoms with Gasteiger partial charge < -0.3 is 24.1 Å². The number of aliphatic hydroxyl groups excluding tert-OH is 1. The van der Waals surface area contributed by atoms with Crippen molar-refractivity contribution in [2.24, 2.45) is 11.8 Å². The van der Waals surface area contributed by atoms with Crippen molar-refractivity contribution in [3.8, 4) is 11.5 Å². The molecule has 6 heteroatoms. The van der Waals surface area contributed by atoms with Crippen LogP contribution in [0.15, 0.2) is 78.9 Å². The van der Waals surface area contributed by atoms with Gasteiger partial charge in [-0.3, -0.25) is 4.79 Å². The molecule has 0 aromatic heterocycles. The number of rotatable bonds is 11. The van der Waals surface area contributed by atoms with Gasteiger partial charge in [-0.1, -0.05) is 68.4 Å². The second-order valence-corrected chi connectivity index (χ2v) is 9.71. The molecule has 0 amide bonds. The Labute approximate surface area is 219 Å². The van der Waals surface area contributed by atoms with Crippen LogP contribution < -0.4 is 9.47 Å². The van der Waals surface area contributed by atoms with Crippen molar-refractivity contribution in [2.45, 2.75) is 51.8 Å². The Kier molecular flexibility index (Phi) is 9.34. The van der Waals surface area contributed by atoms with E-state index in [0.717, 1.165) is 16.9 Å². The number of benzene rings is 3.